The zero-order valence-electron chi connectivity index (χ0n) is 5.33. The van der Waals surface area contributed by atoms with Crippen LogP contribution in [0.3, 0.4) is 0 Å². The van der Waals surface area contributed by atoms with Crippen LogP contribution < -0.4 is 0 Å². The van der Waals surface area contributed by atoms with Crippen LogP contribution in [-0.2, 0) is 0 Å². The molecule has 47 valence electrons. The number of hydrogen-bond donors (Lipinski definition) is 0. The minimum absolute atomic E-state index is 0.845. The Morgan fingerprint density at radius 1 is 1.33 bits per heavy atom. The third-order valence-corrected chi connectivity index (χ3v) is 1.07. The van der Waals surface area contributed by atoms with Gasteiger partial charge in [0.2, 0.25) is 0 Å². The Kier molecular flexibility index (Phi) is 2.13. The van der Waals surface area contributed by atoms with Gasteiger partial charge in [-0.3, -0.25) is 0 Å². The molecule has 1 nitrogen and oxygen atoms in total. The number of nitrogens with zero attached hydrogens (tertiary/aromatic N) is 1. The van der Waals surface area contributed by atoms with E-state index in [9.17, 15) is 0 Å². The highest BCUT2D eigenvalue weighted by atomic mass is 14.9. The molecule has 0 aliphatic carbocycles. The van der Waals surface area contributed by atoms with Crippen molar-refractivity contribution in [1.29, 1.82) is 0 Å². The largest absolute Gasteiger partial charge is 0.331 e. The predicted molar refractivity (Wildman–Crippen MR) is 39.7 cm³/mol. The van der Waals surface area contributed by atoms with Crippen LogP contribution in [0.25, 0.3) is 6.20 Å². The van der Waals surface area contributed by atoms with Crippen molar-refractivity contribution in [1.82, 2.24) is 4.57 Å². The number of aromatic nitrogens is 1. The monoisotopic (exact) mass is 120 g/mol. The molecule has 9 heavy (non-hydrogen) atoms. The fourth-order valence-corrected chi connectivity index (χ4v) is 0.643. The number of hydrogen-bond acceptors (Lipinski definition) is 0. The summed E-state index contributed by atoms with van der Waals surface area (Å²) >= 11 is 0. The van der Waals surface area contributed by atoms with Gasteiger partial charge in [0, 0.05) is 18.6 Å². The predicted octanol–water partition coefficient (Wildman–Crippen LogP) is 2.18. The first-order chi connectivity index (χ1) is 4.43. The van der Waals surface area contributed by atoms with Crippen molar-refractivity contribution in [3.05, 3.63) is 37.5 Å². The summed E-state index contributed by atoms with van der Waals surface area (Å²) in [7, 11) is 0. The summed E-state index contributed by atoms with van der Waals surface area (Å²) in [5.41, 5.74) is 0. The summed E-state index contributed by atoms with van der Waals surface area (Å²) < 4.78 is 1.99. The SMILES string of the molecule is [CH2]CC=Cn1cccc1. The van der Waals surface area contributed by atoms with Crippen LogP contribution in [0.4, 0.5) is 0 Å². The lowest BCUT2D eigenvalue weighted by Gasteiger charge is -1.87. The molecule has 1 aromatic rings. The van der Waals surface area contributed by atoms with E-state index in [1.165, 1.54) is 0 Å². The van der Waals surface area contributed by atoms with Crippen LogP contribution in [0.2, 0.25) is 0 Å². The molecule has 0 saturated carbocycles. The van der Waals surface area contributed by atoms with Crippen LogP contribution in [0.1, 0.15) is 6.42 Å². The van der Waals surface area contributed by atoms with Gasteiger partial charge < -0.3 is 4.57 Å². The number of rotatable bonds is 2. The second kappa shape index (κ2) is 3.13. The standard InChI is InChI=1S/C8H10N/c1-2-3-6-9-7-4-5-8-9/h3-8H,1-2H2. The average Bonchev–Trinajstić information content (AvgIpc) is 2.34. The average molecular weight is 120 g/mol. The first-order valence-corrected chi connectivity index (χ1v) is 3.02. The highest BCUT2D eigenvalue weighted by Gasteiger charge is 1.75. The first kappa shape index (κ1) is 6.14. The molecule has 1 heterocycles. The van der Waals surface area contributed by atoms with Crippen molar-refractivity contribution in [2.75, 3.05) is 0 Å². The van der Waals surface area contributed by atoms with E-state index in [2.05, 4.69) is 6.92 Å². The lowest BCUT2D eigenvalue weighted by atomic mass is 10.5. The highest BCUT2D eigenvalue weighted by Crippen LogP contribution is 1.91. The van der Waals surface area contributed by atoms with Crippen molar-refractivity contribution < 1.29 is 0 Å². The fraction of sp³-hybridized carbons (Fsp3) is 0.125. The van der Waals surface area contributed by atoms with Gasteiger partial charge in [0.25, 0.3) is 0 Å². The van der Waals surface area contributed by atoms with Gasteiger partial charge in [-0.1, -0.05) is 6.08 Å². The molecule has 0 N–H and O–H groups in total. The van der Waals surface area contributed by atoms with E-state index in [0.717, 1.165) is 6.42 Å². The van der Waals surface area contributed by atoms with Gasteiger partial charge in [0.15, 0.2) is 0 Å². The molecule has 0 aliphatic rings. The Morgan fingerprint density at radius 2 is 2.00 bits per heavy atom. The van der Waals surface area contributed by atoms with Crippen LogP contribution in [-0.4, -0.2) is 4.57 Å². The lowest BCUT2D eigenvalue weighted by molar-refractivity contribution is 1.16. The molecule has 0 aliphatic heterocycles. The van der Waals surface area contributed by atoms with Gasteiger partial charge in [-0.05, 0) is 25.5 Å². The summed E-state index contributed by atoms with van der Waals surface area (Å²) in [6, 6.07) is 3.99. The molecule has 0 fully saturated rings. The van der Waals surface area contributed by atoms with Gasteiger partial charge >= 0.3 is 0 Å². The van der Waals surface area contributed by atoms with Gasteiger partial charge in [-0.15, -0.1) is 0 Å². The van der Waals surface area contributed by atoms with Crippen LogP contribution in [0.5, 0.6) is 0 Å². The zero-order chi connectivity index (χ0) is 6.53. The molecular formula is C8H10N. The summed E-state index contributed by atoms with van der Waals surface area (Å²) in [6.45, 7) is 3.68. The fourth-order valence-electron chi connectivity index (χ4n) is 0.643. The highest BCUT2D eigenvalue weighted by molar-refractivity contribution is 5.22. The van der Waals surface area contributed by atoms with Crippen LogP contribution in [0.15, 0.2) is 30.6 Å². The van der Waals surface area contributed by atoms with Crippen molar-refractivity contribution in [2.45, 2.75) is 6.42 Å². The summed E-state index contributed by atoms with van der Waals surface area (Å²) in [6.07, 6.45) is 8.84. The van der Waals surface area contributed by atoms with E-state index in [0.29, 0.717) is 0 Å². The van der Waals surface area contributed by atoms with Crippen molar-refractivity contribution in [2.24, 2.45) is 0 Å². The Bertz CT molecular complexity index is 172. The van der Waals surface area contributed by atoms with Crippen LogP contribution >= 0.6 is 0 Å². The maximum absolute atomic E-state index is 3.68. The first-order valence-electron chi connectivity index (χ1n) is 3.02. The maximum Gasteiger partial charge on any atom is 0.00823 e. The summed E-state index contributed by atoms with van der Waals surface area (Å²) in [5.74, 6) is 0. The second-order valence-electron chi connectivity index (χ2n) is 1.80. The Balaban J connectivity index is 2.57. The molecule has 0 atom stereocenters. The van der Waals surface area contributed by atoms with Gasteiger partial charge in [0.1, 0.15) is 0 Å². The molecule has 0 unspecified atom stereocenters. The van der Waals surface area contributed by atoms with E-state index in [1.807, 2.05) is 41.4 Å². The molecule has 0 saturated heterocycles. The van der Waals surface area contributed by atoms with E-state index in [-0.39, 0.29) is 0 Å². The zero-order valence-corrected chi connectivity index (χ0v) is 5.33. The normalized spacial score (nSPS) is 10.8. The Labute approximate surface area is 55.6 Å². The van der Waals surface area contributed by atoms with E-state index in [1.54, 1.807) is 0 Å². The maximum atomic E-state index is 3.68. The quantitative estimate of drug-likeness (QED) is 0.563. The minimum Gasteiger partial charge on any atom is -0.331 e. The molecule has 0 spiro atoms. The van der Waals surface area contributed by atoms with Crippen molar-refractivity contribution >= 4 is 6.20 Å². The van der Waals surface area contributed by atoms with Gasteiger partial charge in [-0.25, -0.2) is 0 Å². The molecule has 1 rings (SSSR count). The lowest BCUT2D eigenvalue weighted by Crippen LogP contribution is -1.75. The van der Waals surface area contributed by atoms with E-state index >= 15 is 0 Å². The molecule has 1 aromatic heterocycles. The van der Waals surface area contributed by atoms with Crippen molar-refractivity contribution in [3.8, 4) is 0 Å². The summed E-state index contributed by atoms with van der Waals surface area (Å²) in [4.78, 5) is 0. The van der Waals surface area contributed by atoms with Gasteiger partial charge in [0.05, 0.1) is 0 Å². The Hall–Kier alpha value is -0.980. The summed E-state index contributed by atoms with van der Waals surface area (Å²) in [5, 5.41) is 0. The van der Waals surface area contributed by atoms with Crippen molar-refractivity contribution in [3.63, 3.8) is 0 Å². The molecule has 0 aromatic carbocycles. The second-order valence-corrected chi connectivity index (χ2v) is 1.80. The molecule has 1 radical (unpaired) electrons. The third-order valence-electron chi connectivity index (χ3n) is 1.07. The Morgan fingerprint density at radius 3 is 2.56 bits per heavy atom. The minimum atomic E-state index is 0.845. The van der Waals surface area contributed by atoms with E-state index in [4.69, 9.17) is 0 Å². The molecule has 0 bridgehead atoms. The van der Waals surface area contributed by atoms with E-state index < -0.39 is 0 Å². The number of allylic oxidation sites excluding steroid dienone is 1. The molecular weight excluding hydrogens is 110 g/mol. The topological polar surface area (TPSA) is 4.93 Å². The molecule has 1 heteroatoms. The third kappa shape index (κ3) is 1.76. The van der Waals surface area contributed by atoms with Crippen LogP contribution in [0, 0.1) is 6.92 Å². The smallest absolute Gasteiger partial charge is 0.00823 e. The van der Waals surface area contributed by atoms with Gasteiger partial charge in [-0.2, -0.15) is 0 Å². The molecule has 0 amide bonds.